The minimum Gasteiger partial charge on any atom is -0.454 e. The fourth-order valence-corrected chi connectivity index (χ4v) is 2.18. The maximum Gasteiger partial charge on any atom is 0.231 e. The van der Waals surface area contributed by atoms with E-state index in [0.717, 1.165) is 36.1 Å². The predicted molar refractivity (Wildman–Crippen MR) is 98.4 cm³/mol. The maximum absolute atomic E-state index is 5.37. The molecule has 0 bridgehead atoms. The Kier molecular flexibility index (Phi) is 6.51. The average molecular weight is 429 g/mol. The van der Waals surface area contributed by atoms with E-state index < -0.39 is 0 Å². The van der Waals surface area contributed by atoms with E-state index in [1.165, 1.54) is 0 Å². The molecule has 2 N–H and O–H groups in total. The summed E-state index contributed by atoms with van der Waals surface area (Å²) in [6.07, 6.45) is 3.71. The van der Waals surface area contributed by atoms with Crippen molar-refractivity contribution in [3.63, 3.8) is 0 Å². The van der Waals surface area contributed by atoms with Crippen LogP contribution < -0.4 is 20.1 Å². The van der Waals surface area contributed by atoms with Crippen molar-refractivity contribution in [1.82, 2.24) is 20.4 Å². The Balaban J connectivity index is 0.00000192. The Morgan fingerprint density at radius 1 is 1.30 bits per heavy atom. The van der Waals surface area contributed by atoms with Gasteiger partial charge in [-0.15, -0.1) is 24.0 Å². The van der Waals surface area contributed by atoms with Gasteiger partial charge in [-0.05, 0) is 23.8 Å². The van der Waals surface area contributed by atoms with Crippen molar-refractivity contribution in [3.8, 4) is 11.5 Å². The second-order valence-electron chi connectivity index (χ2n) is 4.81. The third-order valence-electron chi connectivity index (χ3n) is 3.31. The van der Waals surface area contributed by atoms with Gasteiger partial charge in [0.15, 0.2) is 17.5 Å². The predicted octanol–water partition coefficient (Wildman–Crippen LogP) is 1.59. The lowest BCUT2D eigenvalue weighted by molar-refractivity contribution is 0.174. The first kappa shape index (κ1) is 17.4. The topological polar surface area (TPSA) is 72.7 Å². The number of hydrogen-bond donors (Lipinski definition) is 2. The molecule has 1 aliphatic heterocycles. The normalized spacial score (nSPS) is 12.7. The van der Waals surface area contributed by atoms with Gasteiger partial charge in [0.1, 0.15) is 0 Å². The number of guanidine groups is 1. The number of rotatable bonds is 5. The number of nitrogens with one attached hydrogen (secondary N) is 2. The molecule has 0 amide bonds. The van der Waals surface area contributed by atoms with E-state index >= 15 is 0 Å². The quantitative estimate of drug-likeness (QED) is 0.429. The van der Waals surface area contributed by atoms with Crippen molar-refractivity contribution < 1.29 is 9.47 Å². The molecule has 2 aromatic rings. The van der Waals surface area contributed by atoms with Crippen LogP contribution in [0.5, 0.6) is 11.5 Å². The molecule has 1 aromatic heterocycles. The summed E-state index contributed by atoms with van der Waals surface area (Å²) >= 11 is 0. The van der Waals surface area contributed by atoms with Crippen LogP contribution in [0.4, 0.5) is 0 Å². The molecule has 124 valence electrons. The van der Waals surface area contributed by atoms with Crippen LogP contribution >= 0.6 is 24.0 Å². The van der Waals surface area contributed by atoms with Gasteiger partial charge in [-0.25, -0.2) is 0 Å². The van der Waals surface area contributed by atoms with Gasteiger partial charge in [-0.3, -0.25) is 9.67 Å². The number of aliphatic imine (C=N–C) groups is 1. The van der Waals surface area contributed by atoms with Gasteiger partial charge >= 0.3 is 0 Å². The molecule has 3 rings (SSSR count). The van der Waals surface area contributed by atoms with E-state index in [-0.39, 0.29) is 24.0 Å². The second kappa shape index (κ2) is 8.61. The molecule has 0 atom stereocenters. The molecule has 0 radical (unpaired) electrons. The summed E-state index contributed by atoms with van der Waals surface area (Å²) in [6, 6.07) is 7.82. The summed E-state index contributed by atoms with van der Waals surface area (Å²) in [5, 5.41) is 10.7. The van der Waals surface area contributed by atoms with E-state index in [4.69, 9.17) is 9.47 Å². The Hall–Kier alpha value is -1.97. The number of fused-ring (bicyclic) bond motifs is 1. The first-order chi connectivity index (χ1) is 10.8. The van der Waals surface area contributed by atoms with Crippen LogP contribution in [0, 0.1) is 0 Å². The fourth-order valence-electron chi connectivity index (χ4n) is 2.18. The van der Waals surface area contributed by atoms with Gasteiger partial charge in [0.25, 0.3) is 0 Å². The number of nitrogens with zero attached hydrogens (tertiary/aromatic N) is 3. The lowest BCUT2D eigenvalue weighted by Crippen LogP contribution is -2.38. The molecule has 8 heteroatoms. The molecule has 0 unspecified atom stereocenters. The molecular formula is C15H20IN5O2. The van der Waals surface area contributed by atoms with Crippen LogP contribution in [0.25, 0.3) is 0 Å². The fraction of sp³-hybridized carbons (Fsp3) is 0.333. The van der Waals surface area contributed by atoms with Gasteiger partial charge in [-0.2, -0.15) is 5.10 Å². The first-order valence-corrected chi connectivity index (χ1v) is 7.15. The van der Waals surface area contributed by atoms with E-state index in [1.54, 1.807) is 13.2 Å². The molecule has 0 saturated heterocycles. The number of halogens is 1. The van der Waals surface area contributed by atoms with E-state index in [1.807, 2.05) is 35.1 Å². The highest BCUT2D eigenvalue weighted by molar-refractivity contribution is 14.0. The largest absolute Gasteiger partial charge is 0.454 e. The molecule has 0 aliphatic carbocycles. The third-order valence-corrected chi connectivity index (χ3v) is 3.31. The lowest BCUT2D eigenvalue weighted by Gasteiger charge is -2.12. The molecule has 1 aliphatic rings. The van der Waals surface area contributed by atoms with Crippen LogP contribution in [0.2, 0.25) is 0 Å². The molecule has 0 spiro atoms. The zero-order valence-corrected chi connectivity index (χ0v) is 15.2. The smallest absolute Gasteiger partial charge is 0.231 e. The van der Waals surface area contributed by atoms with Crippen molar-refractivity contribution >= 4 is 29.9 Å². The Morgan fingerprint density at radius 3 is 2.96 bits per heavy atom. The van der Waals surface area contributed by atoms with Crippen molar-refractivity contribution in [2.75, 3.05) is 20.4 Å². The highest BCUT2D eigenvalue weighted by atomic mass is 127. The Morgan fingerprint density at radius 2 is 2.17 bits per heavy atom. The summed E-state index contributed by atoms with van der Waals surface area (Å²) < 4.78 is 12.5. The number of aromatic nitrogens is 2. The zero-order chi connectivity index (χ0) is 15.2. The van der Waals surface area contributed by atoms with Gasteiger partial charge in [0.05, 0.1) is 6.54 Å². The van der Waals surface area contributed by atoms with Crippen LogP contribution in [-0.2, 0) is 13.1 Å². The van der Waals surface area contributed by atoms with Crippen molar-refractivity contribution in [1.29, 1.82) is 0 Å². The summed E-state index contributed by atoms with van der Waals surface area (Å²) in [5.74, 6) is 2.34. The zero-order valence-electron chi connectivity index (χ0n) is 12.9. The third kappa shape index (κ3) is 4.75. The second-order valence-corrected chi connectivity index (χ2v) is 4.81. The van der Waals surface area contributed by atoms with E-state index in [9.17, 15) is 0 Å². The molecule has 0 fully saturated rings. The van der Waals surface area contributed by atoms with Gasteiger partial charge in [0, 0.05) is 32.5 Å². The maximum atomic E-state index is 5.37. The molecule has 23 heavy (non-hydrogen) atoms. The highest BCUT2D eigenvalue weighted by Crippen LogP contribution is 2.32. The summed E-state index contributed by atoms with van der Waals surface area (Å²) in [4.78, 5) is 4.20. The van der Waals surface area contributed by atoms with E-state index in [2.05, 4.69) is 20.7 Å². The number of benzene rings is 1. The van der Waals surface area contributed by atoms with Crippen molar-refractivity contribution in [3.05, 3.63) is 42.2 Å². The van der Waals surface area contributed by atoms with Crippen molar-refractivity contribution in [2.24, 2.45) is 4.99 Å². The van der Waals surface area contributed by atoms with Gasteiger partial charge in [-0.1, -0.05) is 6.07 Å². The minimum atomic E-state index is 0. The SMILES string of the molecule is CN=C(NCCn1cccn1)NCc1ccc2c(c1)OCO2.I. The number of hydrogen-bond acceptors (Lipinski definition) is 4. The lowest BCUT2D eigenvalue weighted by atomic mass is 10.2. The molecule has 1 aromatic carbocycles. The van der Waals surface area contributed by atoms with Crippen LogP contribution in [0.1, 0.15) is 5.56 Å². The molecular weight excluding hydrogens is 409 g/mol. The summed E-state index contributed by atoms with van der Waals surface area (Å²) in [6.45, 7) is 2.50. The van der Waals surface area contributed by atoms with Crippen molar-refractivity contribution in [2.45, 2.75) is 13.1 Å². The average Bonchev–Trinajstić information content (AvgIpc) is 3.21. The molecule has 7 nitrogen and oxygen atoms in total. The molecule has 2 heterocycles. The van der Waals surface area contributed by atoms with Crippen LogP contribution in [0.3, 0.4) is 0 Å². The summed E-state index contributed by atoms with van der Waals surface area (Å²) in [7, 11) is 1.75. The minimum absolute atomic E-state index is 0. The summed E-state index contributed by atoms with van der Waals surface area (Å²) in [5.41, 5.74) is 1.11. The number of ether oxygens (including phenoxy) is 2. The first-order valence-electron chi connectivity index (χ1n) is 7.15. The van der Waals surface area contributed by atoms with Crippen LogP contribution in [0.15, 0.2) is 41.7 Å². The van der Waals surface area contributed by atoms with Gasteiger partial charge in [0.2, 0.25) is 6.79 Å². The van der Waals surface area contributed by atoms with Crippen LogP contribution in [-0.4, -0.2) is 36.1 Å². The van der Waals surface area contributed by atoms with Gasteiger partial charge < -0.3 is 20.1 Å². The molecule has 0 saturated carbocycles. The standard InChI is InChI=1S/C15H19N5O2.HI/c1-16-15(17-6-8-20-7-2-5-19-20)18-10-12-3-4-13-14(9-12)22-11-21-13;/h2-5,7,9H,6,8,10-11H2,1H3,(H2,16,17,18);1H. The Labute approximate surface area is 152 Å². The Bertz CT molecular complexity index is 645. The van der Waals surface area contributed by atoms with E-state index in [0.29, 0.717) is 13.3 Å². The monoisotopic (exact) mass is 429 g/mol. The highest BCUT2D eigenvalue weighted by Gasteiger charge is 2.13.